The number of benzene rings is 1. The summed E-state index contributed by atoms with van der Waals surface area (Å²) >= 11 is 0. The summed E-state index contributed by atoms with van der Waals surface area (Å²) in [6, 6.07) is 6.55. The van der Waals surface area contributed by atoms with Crippen molar-refractivity contribution in [1.82, 2.24) is 10.4 Å². The first-order chi connectivity index (χ1) is 17.0. The zero-order valence-corrected chi connectivity index (χ0v) is 22.9. The van der Waals surface area contributed by atoms with Gasteiger partial charge in [-0.15, -0.1) is 24.8 Å². The third kappa shape index (κ3) is 6.49. The van der Waals surface area contributed by atoms with Crippen LogP contribution in [0.2, 0.25) is 0 Å². The SMILES string of the molecule is Cc1ccc2c(c1)C(N[C@H]1CCCC[C@H]1N=C(N)N1CCCO1)N=C(C(N)=O)N2C1CCOCC1.Cl.Cl. The van der Waals surface area contributed by atoms with E-state index in [1.807, 2.05) is 4.90 Å². The molecule has 4 aliphatic rings. The number of halogens is 2. The smallest absolute Gasteiger partial charge is 0.284 e. The number of carbonyl (C=O) groups excluding carboxylic acids is 1. The number of hydrogen-bond acceptors (Lipinski definition) is 7. The van der Waals surface area contributed by atoms with Crippen LogP contribution in [-0.2, 0) is 14.4 Å². The van der Waals surface area contributed by atoms with E-state index >= 15 is 0 Å². The van der Waals surface area contributed by atoms with Crippen molar-refractivity contribution in [3.05, 3.63) is 29.3 Å². The van der Waals surface area contributed by atoms with Gasteiger partial charge < -0.3 is 21.1 Å². The van der Waals surface area contributed by atoms with Gasteiger partial charge in [-0.3, -0.25) is 14.9 Å². The Labute approximate surface area is 231 Å². The Hall–Kier alpha value is -2.11. The van der Waals surface area contributed by atoms with Crippen molar-refractivity contribution in [1.29, 1.82) is 0 Å². The van der Waals surface area contributed by atoms with Crippen molar-refractivity contribution in [2.75, 3.05) is 31.3 Å². The van der Waals surface area contributed by atoms with Crippen LogP contribution in [0.4, 0.5) is 5.69 Å². The molecule has 3 fully saturated rings. The van der Waals surface area contributed by atoms with Gasteiger partial charge in [0.1, 0.15) is 6.17 Å². The molecule has 1 amide bonds. The number of nitrogens with zero attached hydrogens (tertiary/aromatic N) is 4. The minimum Gasteiger partial charge on any atom is -0.381 e. The van der Waals surface area contributed by atoms with E-state index in [9.17, 15) is 4.79 Å². The molecule has 3 aliphatic heterocycles. The van der Waals surface area contributed by atoms with Gasteiger partial charge in [-0.05, 0) is 45.1 Å². The highest BCUT2D eigenvalue weighted by molar-refractivity contribution is 6.43. The summed E-state index contributed by atoms with van der Waals surface area (Å²) in [6.07, 6.45) is 6.35. The van der Waals surface area contributed by atoms with Gasteiger partial charge in [0, 0.05) is 36.5 Å². The second-order valence-electron chi connectivity index (χ2n) is 9.90. The number of anilines is 1. The maximum atomic E-state index is 12.6. The molecule has 0 spiro atoms. The molecule has 0 aromatic heterocycles. The fourth-order valence-corrected chi connectivity index (χ4v) is 5.63. The van der Waals surface area contributed by atoms with E-state index in [0.29, 0.717) is 31.6 Å². The molecule has 0 radical (unpaired) electrons. The Morgan fingerprint density at radius 2 is 1.84 bits per heavy atom. The lowest BCUT2D eigenvalue weighted by molar-refractivity contribution is -0.112. The molecular formula is C25H39Cl2N7O3. The fraction of sp³-hybridized carbons (Fsp3) is 0.640. The lowest BCUT2D eigenvalue weighted by Gasteiger charge is -2.42. The Balaban J connectivity index is 0.00000190. The molecular weight excluding hydrogens is 517 g/mol. The number of primary amides is 1. The number of nitrogens with one attached hydrogen (secondary N) is 1. The Morgan fingerprint density at radius 3 is 2.54 bits per heavy atom. The van der Waals surface area contributed by atoms with Gasteiger partial charge in [0.2, 0.25) is 5.96 Å². The summed E-state index contributed by atoms with van der Waals surface area (Å²) in [7, 11) is 0. The van der Waals surface area contributed by atoms with Crippen molar-refractivity contribution < 1.29 is 14.4 Å². The zero-order chi connectivity index (χ0) is 24.4. The highest BCUT2D eigenvalue weighted by Crippen LogP contribution is 2.37. The summed E-state index contributed by atoms with van der Waals surface area (Å²) in [5.41, 5.74) is 15.4. The number of fused-ring (bicyclic) bond motifs is 1. The van der Waals surface area contributed by atoms with E-state index in [2.05, 4.69) is 30.4 Å². The highest BCUT2D eigenvalue weighted by Gasteiger charge is 2.37. The molecule has 2 saturated heterocycles. The van der Waals surface area contributed by atoms with Crippen molar-refractivity contribution in [3.63, 3.8) is 0 Å². The molecule has 1 aromatic rings. The van der Waals surface area contributed by atoms with Crippen LogP contribution in [0, 0.1) is 6.92 Å². The Morgan fingerprint density at radius 1 is 1.08 bits per heavy atom. The molecule has 12 heteroatoms. The molecule has 206 valence electrons. The lowest BCUT2D eigenvalue weighted by Crippen LogP contribution is -2.53. The molecule has 1 aromatic carbocycles. The van der Waals surface area contributed by atoms with Gasteiger partial charge in [0.15, 0.2) is 5.84 Å². The Kier molecular flexibility index (Phi) is 10.4. The quantitative estimate of drug-likeness (QED) is 0.375. The van der Waals surface area contributed by atoms with Crippen LogP contribution in [-0.4, -0.2) is 67.3 Å². The number of rotatable bonds is 5. The predicted molar refractivity (Wildman–Crippen MR) is 149 cm³/mol. The van der Waals surface area contributed by atoms with Gasteiger partial charge >= 0.3 is 0 Å². The van der Waals surface area contributed by atoms with E-state index < -0.39 is 5.91 Å². The number of amides is 1. The molecule has 0 bridgehead atoms. The molecule has 1 unspecified atom stereocenters. The molecule has 5 rings (SSSR count). The van der Waals surface area contributed by atoms with Gasteiger partial charge in [-0.2, -0.15) is 0 Å². The van der Waals surface area contributed by atoms with Crippen molar-refractivity contribution >= 4 is 48.2 Å². The minimum atomic E-state index is -0.511. The minimum absolute atomic E-state index is 0. The summed E-state index contributed by atoms with van der Waals surface area (Å²) in [6.45, 7) is 4.85. The third-order valence-corrected chi connectivity index (χ3v) is 7.40. The number of hydrogen-bond donors (Lipinski definition) is 3. The number of carbonyl (C=O) groups is 1. The first kappa shape index (κ1) is 29.4. The van der Waals surface area contributed by atoms with Crippen molar-refractivity contribution in [3.8, 4) is 0 Å². The van der Waals surface area contributed by atoms with E-state index in [1.54, 1.807) is 5.06 Å². The number of aryl methyl sites for hydroxylation is 1. The number of hydroxylamine groups is 2. The Bertz CT molecular complexity index is 996. The third-order valence-electron chi connectivity index (χ3n) is 7.40. The van der Waals surface area contributed by atoms with Crippen molar-refractivity contribution in [2.45, 2.75) is 76.2 Å². The number of ether oxygens (including phenoxy) is 1. The van der Waals surface area contributed by atoms with Gasteiger partial charge in [0.25, 0.3) is 5.91 Å². The normalized spacial score (nSPS) is 26.6. The zero-order valence-electron chi connectivity index (χ0n) is 21.3. The van der Waals surface area contributed by atoms with Crippen LogP contribution < -0.4 is 21.7 Å². The van der Waals surface area contributed by atoms with Gasteiger partial charge in [-0.25, -0.2) is 15.0 Å². The molecule has 10 nitrogen and oxygen atoms in total. The average molecular weight is 557 g/mol. The van der Waals surface area contributed by atoms with E-state index in [-0.39, 0.29) is 49.1 Å². The number of amidine groups is 1. The average Bonchev–Trinajstić information content (AvgIpc) is 3.41. The molecule has 37 heavy (non-hydrogen) atoms. The molecule has 5 N–H and O–H groups in total. The van der Waals surface area contributed by atoms with Crippen molar-refractivity contribution in [2.24, 2.45) is 21.5 Å². The summed E-state index contributed by atoms with van der Waals surface area (Å²) in [5.74, 6) is 0.239. The molecule has 1 saturated carbocycles. The van der Waals surface area contributed by atoms with Crippen LogP contribution in [0.1, 0.15) is 62.2 Å². The second kappa shape index (κ2) is 13.1. The summed E-state index contributed by atoms with van der Waals surface area (Å²) < 4.78 is 5.57. The lowest BCUT2D eigenvalue weighted by atomic mass is 9.89. The van der Waals surface area contributed by atoms with Gasteiger partial charge in [0.05, 0.1) is 19.2 Å². The second-order valence-corrected chi connectivity index (χ2v) is 9.90. The standard InChI is InChI=1S/C25H37N7O3.2ClH/c1-16-7-8-21-18(15-16)23(30-24(22(26)33)32(21)17-9-13-34-14-10-17)28-19-5-2-3-6-20(19)29-25(27)31-11-4-12-35-31;;/h7-8,15,17,19-20,23,28H,2-6,9-14H2,1H3,(H2,26,33)(H2,27,29);2*1H/t19-,20+,23?;;/m0../s1. The van der Waals surface area contributed by atoms with Gasteiger partial charge in [-0.1, -0.05) is 30.5 Å². The first-order valence-corrected chi connectivity index (χ1v) is 12.9. The van der Waals surface area contributed by atoms with Crippen LogP contribution in [0.25, 0.3) is 0 Å². The van der Waals surface area contributed by atoms with E-state index in [4.69, 9.17) is 31.0 Å². The predicted octanol–water partition coefficient (Wildman–Crippen LogP) is 2.57. The van der Waals surface area contributed by atoms with Crippen LogP contribution in [0.15, 0.2) is 28.2 Å². The summed E-state index contributed by atoms with van der Waals surface area (Å²) in [5, 5.41) is 5.42. The number of aliphatic imine (C=N–C) groups is 2. The van der Waals surface area contributed by atoms with E-state index in [1.165, 1.54) is 0 Å². The molecule has 1 aliphatic carbocycles. The monoisotopic (exact) mass is 555 g/mol. The van der Waals surface area contributed by atoms with Crippen LogP contribution >= 0.6 is 24.8 Å². The highest BCUT2D eigenvalue weighted by atomic mass is 35.5. The first-order valence-electron chi connectivity index (χ1n) is 12.9. The summed E-state index contributed by atoms with van der Waals surface area (Å²) in [4.78, 5) is 30.0. The van der Waals surface area contributed by atoms with Crippen LogP contribution in [0.3, 0.4) is 0 Å². The van der Waals surface area contributed by atoms with Crippen LogP contribution in [0.5, 0.6) is 0 Å². The van der Waals surface area contributed by atoms with E-state index in [0.717, 1.165) is 68.3 Å². The maximum absolute atomic E-state index is 12.6. The fourth-order valence-electron chi connectivity index (χ4n) is 5.63. The molecule has 3 atom stereocenters. The molecule has 3 heterocycles. The largest absolute Gasteiger partial charge is 0.381 e. The number of guanidine groups is 1. The number of nitrogens with two attached hydrogens (primary N) is 2. The maximum Gasteiger partial charge on any atom is 0.284 e. The topological polar surface area (TPSA) is 131 Å².